The van der Waals surface area contributed by atoms with Crippen LogP contribution in [0.5, 0.6) is 5.75 Å². The van der Waals surface area contributed by atoms with Crippen LogP contribution >= 0.6 is 0 Å². The molecule has 8 heteroatoms. The molecule has 0 aliphatic carbocycles. The summed E-state index contributed by atoms with van der Waals surface area (Å²) in [6.07, 6.45) is 4.92. The molecule has 1 aliphatic heterocycles. The highest BCUT2D eigenvalue weighted by Gasteiger charge is 2.23. The van der Waals surface area contributed by atoms with Gasteiger partial charge >= 0.3 is 5.82 Å². The van der Waals surface area contributed by atoms with E-state index in [1.807, 2.05) is 24.3 Å². The molecule has 2 aromatic rings. The lowest BCUT2D eigenvalue weighted by molar-refractivity contribution is -0.391. The van der Waals surface area contributed by atoms with Crippen molar-refractivity contribution in [3.8, 4) is 5.75 Å². The Morgan fingerprint density at radius 1 is 1.36 bits per heavy atom. The van der Waals surface area contributed by atoms with Crippen LogP contribution in [0.1, 0.15) is 18.7 Å². The van der Waals surface area contributed by atoms with Crippen molar-refractivity contribution in [2.75, 3.05) is 18.0 Å². The van der Waals surface area contributed by atoms with Gasteiger partial charge in [0.15, 0.2) is 0 Å². The lowest BCUT2D eigenvalue weighted by Crippen LogP contribution is -2.18. The Bertz CT molecular complexity index is 804. The van der Waals surface area contributed by atoms with Crippen molar-refractivity contribution in [2.24, 2.45) is 12.0 Å². The number of aromatic nitrogens is 2. The van der Waals surface area contributed by atoms with E-state index in [1.165, 1.54) is 29.8 Å². The Labute approximate surface area is 145 Å². The van der Waals surface area contributed by atoms with Gasteiger partial charge in [0.05, 0.1) is 7.05 Å². The maximum Gasteiger partial charge on any atom is 0.343 e. The van der Waals surface area contributed by atoms with Crippen molar-refractivity contribution >= 4 is 17.4 Å². The molecular formula is C17H19N5O3. The third-order valence-corrected chi connectivity index (χ3v) is 4.07. The Balaban J connectivity index is 1.81. The molecule has 1 aliphatic rings. The Morgan fingerprint density at radius 2 is 2.04 bits per heavy atom. The summed E-state index contributed by atoms with van der Waals surface area (Å²) < 4.78 is 7.11. The predicted molar refractivity (Wildman–Crippen MR) is 95.1 cm³/mol. The normalized spacial score (nSPS) is 14.6. The largest absolute Gasteiger partial charge is 0.434 e. The molecule has 1 aromatic heterocycles. The minimum atomic E-state index is -0.507. The first-order chi connectivity index (χ1) is 12.1. The summed E-state index contributed by atoms with van der Waals surface area (Å²) in [5.74, 6) is 0.851. The molecule has 0 spiro atoms. The topological polar surface area (TPSA) is 85.8 Å². The van der Waals surface area contributed by atoms with Crippen LogP contribution in [-0.2, 0) is 7.05 Å². The summed E-state index contributed by atoms with van der Waals surface area (Å²) in [7, 11) is 1.54. The molecule has 130 valence electrons. The lowest BCUT2D eigenvalue weighted by atomic mass is 10.3. The summed E-state index contributed by atoms with van der Waals surface area (Å²) in [4.78, 5) is 20.9. The van der Waals surface area contributed by atoms with Gasteiger partial charge in [-0.2, -0.15) is 0 Å². The van der Waals surface area contributed by atoms with Crippen LogP contribution in [0.4, 0.5) is 11.5 Å². The Kier molecular flexibility index (Phi) is 4.78. The number of anilines is 1. The van der Waals surface area contributed by atoms with Gasteiger partial charge in [-0.25, -0.2) is 14.5 Å². The van der Waals surface area contributed by atoms with Crippen molar-refractivity contribution in [3.63, 3.8) is 0 Å². The van der Waals surface area contributed by atoms with E-state index in [1.54, 1.807) is 7.05 Å². The minimum Gasteiger partial charge on any atom is -0.434 e. The van der Waals surface area contributed by atoms with Gasteiger partial charge in [0.1, 0.15) is 11.9 Å². The second-order valence-corrected chi connectivity index (χ2v) is 5.66. The van der Waals surface area contributed by atoms with Gasteiger partial charge in [-0.3, -0.25) is 0 Å². The fraction of sp³-hybridized carbons (Fsp3) is 0.294. The first kappa shape index (κ1) is 16.7. The molecule has 1 fully saturated rings. The number of aliphatic imine (C=N–C) groups is 1. The maximum atomic E-state index is 11.0. The SMILES string of the molecule is C=CN=C(Oc1ccc(N2CCCC2)cc1)c1ncc([N+](=O)[O-])n1C. The zero-order valence-electron chi connectivity index (χ0n) is 14.0. The highest BCUT2D eigenvalue weighted by Crippen LogP contribution is 2.24. The highest BCUT2D eigenvalue weighted by molar-refractivity contribution is 5.93. The maximum absolute atomic E-state index is 11.0. The molecule has 0 unspecified atom stereocenters. The van der Waals surface area contributed by atoms with Crippen LogP contribution < -0.4 is 9.64 Å². The van der Waals surface area contributed by atoms with E-state index in [2.05, 4.69) is 21.5 Å². The number of hydrogen-bond acceptors (Lipinski definition) is 6. The first-order valence-electron chi connectivity index (χ1n) is 7.98. The molecule has 0 atom stereocenters. The van der Waals surface area contributed by atoms with E-state index in [4.69, 9.17) is 4.74 Å². The average Bonchev–Trinajstić information content (AvgIpc) is 3.25. The fourth-order valence-corrected chi connectivity index (χ4v) is 2.79. The summed E-state index contributed by atoms with van der Waals surface area (Å²) >= 11 is 0. The van der Waals surface area contributed by atoms with E-state index in [0.717, 1.165) is 18.8 Å². The fourth-order valence-electron chi connectivity index (χ4n) is 2.79. The molecule has 1 aromatic carbocycles. The number of nitro groups is 1. The molecule has 8 nitrogen and oxygen atoms in total. The highest BCUT2D eigenvalue weighted by atomic mass is 16.6. The van der Waals surface area contributed by atoms with Gasteiger partial charge in [-0.1, -0.05) is 6.58 Å². The average molecular weight is 341 g/mol. The summed E-state index contributed by atoms with van der Waals surface area (Å²) in [6, 6.07) is 7.69. The zero-order chi connectivity index (χ0) is 17.8. The molecule has 3 rings (SSSR count). The van der Waals surface area contributed by atoms with Gasteiger partial charge < -0.3 is 19.8 Å². The van der Waals surface area contributed by atoms with E-state index >= 15 is 0 Å². The molecule has 25 heavy (non-hydrogen) atoms. The molecule has 2 heterocycles. The monoisotopic (exact) mass is 341 g/mol. The number of rotatable bonds is 5. The van der Waals surface area contributed by atoms with E-state index < -0.39 is 4.92 Å². The number of ether oxygens (including phenoxy) is 1. The smallest absolute Gasteiger partial charge is 0.343 e. The molecule has 0 saturated carbocycles. The zero-order valence-corrected chi connectivity index (χ0v) is 14.0. The van der Waals surface area contributed by atoms with Gasteiger partial charge in [0, 0.05) is 25.0 Å². The number of imidazole rings is 1. The van der Waals surface area contributed by atoms with E-state index in [-0.39, 0.29) is 17.5 Å². The van der Waals surface area contributed by atoms with E-state index in [0.29, 0.717) is 5.75 Å². The van der Waals surface area contributed by atoms with E-state index in [9.17, 15) is 10.1 Å². The quantitative estimate of drug-likeness (QED) is 0.361. The third-order valence-electron chi connectivity index (χ3n) is 4.07. The van der Waals surface area contributed by atoms with Crippen LogP contribution in [0.25, 0.3) is 0 Å². The van der Waals surface area contributed by atoms with Crippen molar-refractivity contribution < 1.29 is 9.66 Å². The van der Waals surface area contributed by atoms with Crippen LogP contribution in [0.3, 0.4) is 0 Å². The summed E-state index contributed by atoms with van der Waals surface area (Å²) in [6.45, 7) is 5.70. The standard InChI is InChI=1S/C17H19N5O3/c1-3-18-17(16-19-12-15(20(16)2)22(23)24)25-14-8-6-13(7-9-14)21-10-4-5-11-21/h3,6-9,12H,1,4-5,10-11H2,2H3. The van der Waals surface area contributed by atoms with Crippen molar-refractivity contribution in [1.82, 2.24) is 9.55 Å². The first-order valence-corrected chi connectivity index (χ1v) is 7.98. The Morgan fingerprint density at radius 3 is 2.60 bits per heavy atom. The lowest BCUT2D eigenvalue weighted by Gasteiger charge is -2.17. The second-order valence-electron chi connectivity index (χ2n) is 5.66. The van der Waals surface area contributed by atoms with Crippen molar-refractivity contribution in [3.05, 3.63) is 59.2 Å². The number of nitrogens with zero attached hydrogens (tertiary/aromatic N) is 5. The third kappa shape index (κ3) is 3.52. The van der Waals surface area contributed by atoms with Crippen LogP contribution in [0, 0.1) is 10.1 Å². The van der Waals surface area contributed by atoms with Gasteiger partial charge in [-0.05, 0) is 42.0 Å². The number of hydrogen-bond donors (Lipinski definition) is 0. The van der Waals surface area contributed by atoms with Gasteiger partial charge in [-0.15, -0.1) is 0 Å². The van der Waals surface area contributed by atoms with Crippen LogP contribution in [0.15, 0.2) is 48.2 Å². The predicted octanol–water partition coefficient (Wildman–Crippen LogP) is 2.90. The Hall–Kier alpha value is -3.16. The molecular weight excluding hydrogens is 322 g/mol. The van der Waals surface area contributed by atoms with Gasteiger partial charge in [0.2, 0.25) is 0 Å². The molecule has 0 radical (unpaired) electrons. The molecule has 0 amide bonds. The molecule has 0 N–H and O–H groups in total. The van der Waals surface area contributed by atoms with Crippen molar-refractivity contribution in [2.45, 2.75) is 12.8 Å². The molecule has 0 bridgehead atoms. The molecule has 1 saturated heterocycles. The minimum absolute atomic E-state index is 0.139. The van der Waals surface area contributed by atoms with Crippen molar-refractivity contribution in [1.29, 1.82) is 0 Å². The van der Waals surface area contributed by atoms with Gasteiger partial charge in [0.25, 0.3) is 11.7 Å². The summed E-state index contributed by atoms with van der Waals surface area (Å²) in [5.41, 5.74) is 1.15. The second kappa shape index (κ2) is 7.16. The summed E-state index contributed by atoms with van der Waals surface area (Å²) in [5, 5.41) is 11.0. The van der Waals surface area contributed by atoms with Crippen LogP contribution in [0.2, 0.25) is 0 Å². The number of benzene rings is 1. The van der Waals surface area contributed by atoms with Crippen LogP contribution in [-0.4, -0.2) is 33.5 Å².